The van der Waals surface area contributed by atoms with Crippen LogP contribution in [0.1, 0.15) is 10.4 Å². The molecule has 0 amide bonds. The van der Waals surface area contributed by atoms with E-state index in [1.165, 1.54) is 0 Å². The molecule has 0 atom stereocenters. The summed E-state index contributed by atoms with van der Waals surface area (Å²) in [6, 6.07) is 7.02. The van der Waals surface area contributed by atoms with Crippen LogP contribution in [0, 0.1) is 0 Å². The highest BCUT2D eigenvalue weighted by Crippen LogP contribution is 2.10. The Morgan fingerprint density at radius 2 is 2.36 bits per heavy atom. The molecule has 1 rings (SSSR count). The fourth-order valence-corrected chi connectivity index (χ4v) is 1.08. The first-order valence-corrected chi connectivity index (χ1v) is 4.37. The van der Waals surface area contributed by atoms with Gasteiger partial charge in [-0.25, -0.2) is 0 Å². The first kappa shape index (κ1) is 10.5. The molecule has 0 fully saturated rings. The second-order valence-corrected chi connectivity index (χ2v) is 2.83. The van der Waals surface area contributed by atoms with Crippen molar-refractivity contribution in [2.24, 2.45) is 0 Å². The van der Waals surface area contributed by atoms with Crippen LogP contribution in [-0.4, -0.2) is 24.0 Å². The summed E-state index contributed by atoms with van der Waals surface area (Å²) in [6.07, 6.45) is 1.74. The van der Waals surface area contributed by atoms with Crippen LogP contribution in [0.15, 0.2) is 36.9 Å². The number of ketones is 1. The molecule has 3 nitrogen and oxygen atoms in total. The smallest absolute Gasteiger partial charge is 0.188 e. The van der Waals surface area contributed by atoms with E-state index in [9.17, 15) is 4.79 Å². The molecular weight excluding hydrogens is 178 g/mol. The average Bonchev–Trinajstić information content (AvgIpc) is 2.25. The lowest BCUT2D eigenvalue weighted by Crippen LogP contribution is -2.05. The molecule has 0 aliphatic rings. The number of rotatable bonds is 5. The summed E-state index contributed by atoms with van der Waals surface area (Å²) in [7, 11) is 0. The number of aliphatic hydroxyl groups excluding tert-OH is 1. The Bertz CT molecular complexity index is 334. The first-order chi connectivity index (χ1) is 6.77. The number of Topliss-reactive ketones (excluding diaryl/α,β-unsaturated/α-hetero) is 1. The number of benzene rings is 1. The van der Waals surface area contributed by atoms with Gasteiger partial charge in [0.25, 0.3) is 0 Å². The number of nitrogens with one attached hydrogen (secondary N) is 1. The molecule has 1 aromatic carbocycles. The van der Waals surface area contributed by atoms with Crippen LogP contribution in [0.4, 0.5) is 5.69 Å². The van der Waals surface area contributed by atoms with Gasteiger partial charge in [-0.1, -0.05) is 18.2 Å². The van der Waals surface area contributed by atoms with Crippen LogP contribution in [0.3, 0.4) is 0 Å². The summed E-state index contributed by atoms with van der Waals surface area (Å²) in [4.78, 5) is 11.1. The van der Waals surface area contributed by atoms with E-state index < -0.39 is 6.61 Å². The molecule has 0 heterocycles. The largest absolute Gasteiger partial charge is 0.388 e. The van der Waals surface area contributed by atoms with Crippen molar-refractivity contribution in [3.63, 3.8) is 0 Å². The van der Waals surface area contributed by atoms with Crippen molar-refractivity contribution in [3.05, 3.63) is 42.5 Å². The van der Waals surface area contributed by atoms with E-state index in [2.05, 4.69) is 11.9 Å². The molecule has 3 heteroatoms. The van der Waals surface area contributed by atoms with Crippen molar-refractivity contribution in [2.45, 2.75) is 0 Å². The molecule has 0 saturated heterocycles. The van der Waals surface area contributed by atoms with Crippen LogP contribution in [-0.2, 0) is 0 Å². The van der Waals surface area contributed by atoms with Gasteiger partial charge >= 0.3 is 0 Å². The van der Waals surface area contributed by atoms with Gasteiger partial charge in [0.05, 0.1) is 0 Å². The Kier molecular flexibility index (Phi) is 3.88. The van der Waals surface area contributed by atoms with Gasteiger partial charge in [0.2, 0.25) is 0 Å². The number of hydrogen-bond donors (Lipinski definition) is 2. The number of aliphatic hydroxyl groups is 1. The minimum atomic E-state index is -0.453. The van der Waals surface area contributed by atoms with E-state index in [1.54, 1.807) is 24.3 Å². The van der Waals surface area contributed by atoms with E-state index in [1.807, 2.05) is 6.07 Å². The molecule has 0 aromatic heterocycles. The summed E-state index contributed by atoms with van der Waals surface area (Å²) < 4.78 is 0. The molecule has 0 unspecified atom stereocenters. The lowest BCUT2D eigenvalue weighted by Gasteiger charge is -2.04. The number of carbonyl (C=O) groups is 1. The fraction of sp³-hybridized carbons (Fsp3) is 0.182. The van der Waals surface area contributed by atoms with Gasteiger partial charge in [0, 0.05) is 17.8 Å². The van der Waals surface area contributed by atoms with Gasteiger partial charge in [0.15, 0.2) is 5.78 Å². The van der Waals surface area contributed by atoms with E-state index in [-0.39, 0.29) is 5.78 Å². The molecule has 0 saturated carbocycles. The second-order valence-electron chi connectivity index (χ2n) is 2.83. The first-order valence-electron chi connectivity index (χ1n) is 4.37. The van der Waals surface area contributed by atoms with Gasteiger partial charge in [0.1, 0.15) is 6.61 Å². The Balaban J connectivity index is 2.78. The molecule has 0 radical (unpaired) electrons. The summed E-state index contributed by atoms with van der Waals surface area (Å²) in [6.45, 7) is 3.78. The molecular formula is C11H13NO2. The highest BCUT2D eigenvalue weighted by molar-refractivity contribution is 5.97. The predicted octanol–water partition coefficient (Wildman–Crippen LogP) is 1.46. The Morgan fingerprint density at radius 3 is 3.00 bits per heavy atom. The Labute approximate surface area is 83.1 Å². The number of hydrogen-bond acceptors (Lipinski definition) is 3. The fourth-order valence-electron chi connectivity index (χ4n) is 1.08. The van der Waals surface area contributed by atoms with Gasteiger partial charge < -0.3 is 10.4 Å². The topological polar surface area (TPSA) is 49.3 Å². The van der Waals surface area contributed by atoms with Crippen molar-refractivity contribution < 1.29 is 9.90 Å². The van der Waals surface area contributed by atoms with Crippen LogP contribution < -0.4 is 5.32 Å². The van der Waals surface area contributed by atoms with Crippen LogP contribution in [0.2, 0.25) is 0 Å². The monoisotopic (exact) mass is 191 g/mol. The van der Waals surface area contributed by atoms with Gasteiger partial charge in [-0.15, -0.1) is 6.58 Å². The summed E-state index contributed by atoms with van der Waals surface area (Å²) in [5, 5.41) is 11.7. The van der Waals surface area contributed by atoms with Gasteiger partial charge in [-0.05, 0) is 12.1 Å². The molecule has 0 spiro atoms. The zero-order valence-electron chi connectivity index (χ0n) is 7.86. The number of anilines is 1. The highest BCUT2D eigenvalue weighted by atomic mass is 16.3. The SMILES string of the molecule is C=CCNc1cccc(C(=O)CO)c1. The Hall–Kier alpha value is -1.61. The maximum atomic E-state index is 11.1. The quantitative estimate of drug-likeness (QED) is 0.547. The third-order valence-corrected chi connectivity index (χ3v) is 1.78. The van der Waals surface area contributed by atoms with Crippen molar-refractivity contribution in [2.75, 3.05) is 18.5 Å². The van der Waals surface area contributed by atoms with Gasteiger partial charge in [-0.2, -0.15) is 0 Å². The maximum Gasteiger partial charge on any atom is 0.188 e. The molecule has 2 N–H and O–H groups in total. The second kappa shape index (κ2) is 5.19. The van der Waals surface area contributed by atoms with E-state index in [0.29, 0.717) is 12.1 Å². The lowest BCUT2D eigenvalue weighted by atomic mass is 10.1. The van der Waals surface area contributed by atoms with Crippen molar-refractivity contribution in [1.82, 2.24) is 0 Å². The highest BCUT2D eigenvalue weighted by Gasteiger charge is 2.03. The average molecular weight is 191 g/mol. The molecule has 0 aliphatic carbocycles. The number of carbonyl (C=O) groups excluding carboxylic acids is 1. The summed E-state index contributed by atoms with van der Waals surface area (Å²) in [5.41, 5.74) is 1.37. The standard InChI is InChI=1S/C11H13NO2/c1-2-6-12-10-5-3-4-9(7-10)11(14)8-13/h2-5,7,12-13H,1,6,8H2. The van der Waals surface area contributed by atoms with Crippen molar-refractivity contribution in [1.29, 1.82) is 0 Å². The summed E-state index contributed by atoms with van der Waals surface area (Å²) in [5.74, 6) is -0.271. The normalized spacial score (nSPS) is 9.50. The van der Waals surface area contributed by atoms with Crippen molar-refractivity contribution in [3.8, 4) is 0 Å². The predicted molar refractivity (Wildman–Crippen MR) is 56.5 cm³/mol. The zero-order chi connectivity index (χ0) is 10.4. The lowest BCUT2D eigenvalue weighted by molar-refractivity contribution is 0.0904. The van der Waals surface area contributed by atoms with E-state index in [4.69, 9.17) is 5.11 Å². The van der Waals surface area contributed by atoms with Crippen molar-refractivity contribution >= 4 is 11.5 Å². The third kappa shape index (κ3) is 2.71. The minimum absolute atomic E-state index is 0.271. The molecule has 0 aliphatic heterocycles. The third-order valence-electron chi connectivity index (χ3n) is 1.78. The van der Waals surface area contributed by atoms with Gasteiger partial charge in [-0.3, -0.25) is 4.79 Å². The Morgan fingerprint density at radius 1 is 1.57 bits per heavy atom. The summed E-state index contributed by atoms with van der Waals surface area (Å²) >= 11 is 0. The minimum Gasteiger partial charge on any atom is -0.388 e. The van der Waals surface area contributed by atoms with Crippen LogP contribution in [0.25, 0.3) is 0 Å². The van der Waals surface area contributed by atoms with Crippen LogP contribution in [0.5, 0.6) is 0 Å². The van der Waals surface area contributed by atoms with E-state index >= 15 is 0 Å². The maximum absolute atomic E-state index is 11.1. The molecule has 74 valence electrons. The zero-order valence-corrected chi connectivity index (χ0v) is 7.86. The molecule has 1 aromatic rings. The molecule has 0 bridgehead atoms. The van der Waals surface area contributed by atoms with Crippen LogP contribution >= 0.6 is 0 Å². The molecule has 14 heavy (non-hydrogen) atoms. The van der Waals surface area contributed by atoms with E-state index in [0.717, 1.165) is 5.69 Å².